The smallest absolute Gasteiger partial charge is 0.191 e. The molecule has 0 unspecified atom stereocenters. The van der Waals surface area contributed by atoms with Gasteiger partial charge in [0.1, 0.15) is 0 Å². The maximum Gasteiger partial charge on any atom is 0.191 e. The average molecular weight is 350 g/mol. The van der Waals surface area contributed by atoms with Gasteiger partial charge in [0.25, 0.3) is 0 Å². The number of hydrogen-bond acceptors (Lipinski definition) is 5. The van der Waals surface area contributed by atoms with E-state index in [1.165, 1.54) is 0 Å². The van der Waals surface area contributed by atoms with E-state index in [0.29, 0.717) is 18.7 Å². The predicted molar refractivity (Wildman–Crippen MR) is 98.1 cm³/mol. The van der Waals surface area contributed by atoms with Crippen LogP contribution in [-0.2, 0) is 17.0 Å². The largest absolute Gasteiger partial charge is 0.383 e. The summed E-state index contributed by atoms with van der Waals surface area (Å²) in [4.78, 5) is 0. The third-order valence-electron chi connectivity index (χ3n) is 3.69. The lowest BCUT2D eigenvalue weighted by Gasteiger charge is -2.09. The Kier molecular flexibility index (Phi) is 5.83. The lowest BCUT2D eigenvalue weighted by atomic mass is 10.2. The first-order valence-corrected chi connectivity index (χ1v) is 8.90. The average Bonchev–Trinajstić information content (AvgIpc) is 3.08. The van der Waals surface area contributed by atoms with Crippen LogP contribution < -0.4 is 0 Å². The summed E-state index contributed by atoms with van der Waals surface area (Å²) in [5.74, 6) is 1.57. The number of rotatable bonds is 7. The maximum atomic E-state index is 9.02. The van der Waals surface area contributed by atoms with Crippen LogP contribution in [0.1, 0.15) is 11.1 Å². The Hall–Kier alpha value is -2.62. The summed E-state index contributed by atoms with van der Waals surface area (Å²) in [6.07, 6.45) is 0. The molecule has 25 heavy (non-hydrogen) atoms. The van der Waals surface area contributed by atoms with Crippen molar-refractivity contribution in [3.8, 4) is 17.5 Å². The number of benzene rings is 2. The lowest BCUT2D eigenvalue weighted by molar-refractivity contribution is 0.185. The van der Waals surface area contributed by atoms with Crippen LogP contribution in [0.25, 0.3) is 11.4 Å². The minimum Gasteiger partial charge on any atom is -0.383 e. The highest BCUT2D eigenvalue weighted by atomic mass is 32.2. The van der Waals surface area contributed by atoms with Crippen molar-refractivity contribution >= 4 is 11.8 Å². The molecule has 0 amide bonds. The number of thioether (sulfide) groups is 1. The summed E-state index contributed by atoms with van der Waals surface area (Å²) in [6, 6.07) is 19.8. The van der Waals surface area contributed by atoms with Crippen LogP contribution in [0.15, 0.2) is 59.8 Å². The second-order valence-corrected chi connectivity index (χ2v) is 6.36. The number of nitriles is 1. The summed E-state index contributed by atoms with van der Waals surface area (Å²) in [5, 5.41) is 18.6. The van der Waals surface area contributed by atoms with Crippen LogP contribution in [0.4, 0.5) is 0 Å². The monoisotopic (exact) mass is 350 g/mol. The van der Waals surface area contributed by atoms with Gasteiger partial charge in [-0.15, -0.1) is 10.2 Å². The Bertz CT molecular complexity index is 871. The van der Waals surface area contributed by atoms with E-state index in [1.807, 2.05) is 54.6 Å². The van der Waals surface area contributed by atoms with Crippen molar-refractivity contribution in [2.24, 2.45) is 0 Å². The van der Waals surface area contributed by atoms with Gasteiger partial charge >= 0.3 is 0 Å². The molecule has 2 aromatic carbocycles. The van der Waals surface area contributed by atoms with Gasteiger partial charge in [0.2, 0.25) is 0 Å². The van der Waals surface area contributed by atoms with E-state index in [0.717, 1.165) is 27.9 Å². The first kappa shape index (κ1) is 17.2. The molecule has 0 spiro atoms. The fourth-order valence-corrected chi connectivity index (χ4v) is 3.37. The molecule has 1 aromatic heterocycles. The van der Waals surface area contributed by atoms with Crippen LogP contribution in [0.5, 0.6) is 0 Å². The van der Waals surface area contributed by atoms with Crippen molar-refractivity contribution in [3.05, 3.63) is 65.7 Å². The van der Waals surface area contributed by atoms with E-state index in [4.69, 9.17) is 10.00 Å². The summed E-state index contributed by atoms with van der Waals surface area (Å²) < 4.78 is 7.31. The van der Waals surface area contributed by atoms with Gasteiger partial charge in [0, 0.05) is 18.4 Å². The first-order valence-electron chi connectivity index (χ1n) is 7.91. The highest BCUT2D eigenvalue weighted by molar-refractivity contribution is 7.98. The summed E-state index contributed by atoms with van der Waals surface area (Å²) in [6.45, 7) is 1.28. The first-order chi connectivity index (χ1) is 12.3. The fourth-order valence-electron chi connectivity index (χ4n) is 2.46. The zero-order chi connectivity index (χ0) is 17.5. The van der Waals surface area contributed by atoms with Crippen molar-refractivity contribution in [3.63, 3.8) is 0 Å². The van der Waals surface area contributed by atoms with Crippen molar-refractivity contribution in [2.75, 3.05) is 13.7 Å². The van der Waals surface area contributed by atoms with Gasteiger partial charge in [-0.1, -0.05) is 54.2 Å². The standard InChI is InChI=1S/C19H18N4OS/c1-24-11-10-23-18(17-8-3-2-4-9-17)21-22-19(23)25-14-16-7-5-6-15(12-16)13-20/h2-9,12H,10-11,14H2,1H3. The quantitative estimate of drug-likeness (QED) is 0.607. The fraction of sp³-hybridized carbons (Fsp3) is 0.211. The number of nitrogens with zero attached hydrogens (tertiary/aromatic N) is 4. The molecule has 0 aliphatic heterocycles. The molecular formula is C19H18N4OS. The van der Waals surface area contributed by atoms with Gasteiger partial charge in [-0.2, -0.15) is 5.26 Å². The molecule has 0 N–H and O–H groups in total. The van der Waals surface area contributed by atoms with E-state index < -0.39 is 0 Å². The molecular weight excluding hydrogens is 332 g/mol. The Morgan fingerprint density at radius 1 is 1.12 bits per heavy atom. The molecule has 3 aromatic rings. The molecule has 0 atom stereocenters. The van der Waals surface area contributed by atoms with Gasteiger partial charge in [0.15, 0.2) is 11.0 Å². The third kappa shape index (κ3) is 4.27. The minimum atomic E-state index is 0.593. The Morgan fingerprint density at radius 3 is 2.72 bits per heavy atom. The molecule has 126 valence electrons. The lowest BCUT2D eigenvalue weighted by Crippen LogP contribution is -2.07. The van der Waals surface area contributed by atoms with Crippen molar-refractivity contribution in [1.82, 2.24) is 14.8 Å². The van der Waals surface area contributed by atoms with Crippen molar-refractivity contribution in [1.29, 1.82) is 5.26 Å². The van der Waals surface area contributed by atoms with Crippen molar-refractivity contribution in [2.45, 2.75) is 17.5 Å². The van der Waals surface area contributed by atoms with Crippen LogP contribution in [0.2, 0.25) is 0 Å². The zero-order valence-corrected chi connectivity index (χ0v) is 14.7. The molecule has 6 heteroatoms. The molecule has 5 nitrogen and oxygen atoms in total. The normalized spacial score (nSPS) is 10.6. The van der Waals surface area contributed by atoms with E-state index in [2.05, 4.69) is 20.8 Å². The summed E-state index contributed by atoms with van der Waals surface area (Å²) >= 11 is 1.61. The van der Waals surface area contributed by atoms with Gasteiger partial charge in [-0.25, -0.2) is 0 Å². The zero-order valence-electron chi connectivity index (χ0n) is 13.9. The van der Waals surface area contributed by atoms with Gasteiger partial charge in [-0.3, -0.25) is 4.57 Å². The van der Waals surface area contributed by atoms with E-state index >= 15 is 0 Å². The summed E-state index contributed by atoms with van der Waals surface area (Å²) in [7, 11) is 1.69. The third-order valence-corrected chi connectivity index (χ3v) is 4.73. The Morgan fingerprint density at radius 2 is 1.96 bits per heavy atom. The second-order valence-electron chi connectivity index (χ2n) is 5.42. The van der Waals surface area contributed by atoms with Crippen LogP contribution in [0.3, 0.4) is 0 Å². The molecule has 1 heterocycles. The summed E-state index contributed by atoms with van der Waals surface area (Å²) in [5.41, 5.74) is 2.79. The van der Waals surface area contributed by atoms with Crippen molar-refractivity contribution < 1.29 is 4.74 Å². The Balaban J connectivity index is 1.83. The topological polar surface area (TPSA) is 63.7 Å². The predicted octanol–water partition coefficient (Wildman–Crippen LogP) is 3.76. The molecule has 0 aliphatic rings. The van der Waals surface area contributed by atoms with E-state index in [9.17, 15) is 0 Å². The van der Waals surface area contributed by atoms with Gasteiger partial charge in [-0.05, 0) is 17.7 Å². The number of hydrogen-bond donors (Lipinski definition) is 0. The molecule has 3 rings (SSSR count). The molecule has 0 saturated carbocycles. The van der Waals surface area contributed by atoms with Crippen LogP contribution in [-0.4, -0.2) is 28.5 Å². The molecule has 0 aliphatic carbocycles. The molecule has 0 radical (unpaired) electrons. The molecule has 0 bridgehead atoms. The highest BCUT2D eigenvalue weighted by Gasteiger charge is 2.14. The van der Waals surface area contributed by atoms with Crippen LogP contribution >= 0.6 is 11.8 Å². The number of methoxy groups -OCH3 is 1. The van der Waals surface area contributed by atoms with Gasteiger partial charge in [0.05, 0.1) is 24.8 Å². The van der Waals surface area contributed by atoms with E-state index in [1.54, 1.807) is 18.9 Å². The van der Waals surface area contributed by atoms with E-state index in [-0.39, 0.29) is 0 Å². The number of ether oxygens (including phenoxy) is 1. The second kappa shape index (κ2) is 8.47. The Labute approximate surface area is 151 Å². The highest BCUT2D eigenvalue weighted by Crippen LogP contribution is 2.26. The minimum absolute atomic E-state index is 0.593. The van der Waals surface area contributed by atoms with Gasteiger partial charge < -0.3 is 4.74 Å². The van der Waals surface area contributed by atoms with Crippen LogP contribution in [0, 0.1) is 11.3 Å². The number of aromatic nitrogens is 3. The SMILES string of the molecule is COCCn1c(SCc2cccc(C#N)c2)nnc1-c1ccccc1. The maximum absolute atomic E-state index is 9.02. The molecule has 0 fully saturated rings. The molecule has 0 saturated heterocycles.